The van der Waals surface area contributed by atoms with Crippen LogP contribution in [0.3, 0.4) is 0 Å². The lowest BCUT2D eigenvalue weighted by Crippen LogP contribution is -2.52. The van der Waals surface area contributed by atoms with Gasteiger partial charge in [0.25, 0.3) is 0 Å². The maximum atomic E-state index is 12.4. The summed E-state index contributed by atoms with van der Waals surface area (Å²) in [5.74, 6) is 3.16. The summed E-state index contributed by atoms with van der Waals surface area (Å²) in [7, 11) is 0. The van der Waals surface area contributed by atoms with E-state index < -0.39 is 0 Å². The zero-order chi connectivity index (χ0) is 11.0. The van der Waals surface area contributed by atoms with E-state index in [0.717, 1.165) is 30.0 Å². The summed E-state index contributed by atoms with van der Waals surface area (Å²) < 4.78 is 0. The van der Waals surface area contributed by atoms with Crippen LogP contribution in [0.4, 0.5) is 0 Å². The lowest BCUT2D eigenvalue weighted by molar-refractivity contribution is -0.123. The summed E-state index contributed by atoms with van der Waals surface area (Å²) >= 11 is 0. The molecule has 86 valence electrons. The molecule has 5 bridgehead atoms. The molecule has 1 saturated carbocycles. The quantitative estimate of drug-likeness (QED) is 0.577. The lowest BCUT2D eigenvalue weighted by Gasteiger charge is -2.44. The van der Waals surface area contributed by atoms with E-state index >= 15 is 0 Å². The highest BCUT2D eigenvalue weighted by Gasteiger charge is 2.61. The van der Waals surface area contributed by atoms with Gasteiger partial charge in [0.2, 0.25) is 0 Å². The van der Waals surface area contributed by atoms with Gasteiger partial charge in [0.15, 0.2) is 5.78 Å². The number of rotatable bonds is 0. The number of carbonyl (C=O) groups is 1. The summed E-state index contributed by atoms with van der Waals surface area (Å²) in [5, 5.41) is 0. The Morgan fingerprint density at radius 2 is 2.06 bits per heavy atom. The fourth-order valence-corrected chi connectivity index (χ4v) is 5.03. The maximum Gasteiger partial charge on any atom is 0.175 e. The normalized spacial score (nSPS) is 58.2. The van der Waals surface area contributed by atoms with Crippen molar-refractivity contribution in [1.82, 2.24) is 4.90 Å². The first-order chi connectivity index (χ1) is 7.66. The fourth-order valence-electron chi connectivity index (χ4n) is 5.03. The molecule has 0 spiro atoms. The molecule has 0 amide bonds. The van der Waals surface area contributed by atoms with Crippen LogP contribution in [-0.4, -0.2) is 29.3 Å². The molecule has 0 N–H and O–H groups in total. The lowest BCUT2D eigenvalue weighted by atomic mass is 9.70. The molecule has 4 aliphatic rings. The Kier molecular flexibility index (Phi) is 1.64. The zero-order valence-electron chi connectivity index (χ0n) is 9.86. The van der Waals surface area contributed by atoms with Crippen LogP contribution in [0.1, 0.15) is 26.2 Å². The molecule has 16 heavy (non-hydrogen) atoms. The second-order valence-electron chi connectivity index (χ2n) is 6.44. The van der Waals surface area contributed by atoms with Crippen molar-refractivity contribution in [3.8, 4) is 0 Å². The first kappa shape index (κ1) is 9.41. The third-order valence-electron chi connectivity index (χ3n) is 5.62. The molecule has 0 aromatic rings. The molecule has 0 aromatic heterocycles. The van der Waals surface area contributed by atoms with E-state index in [-0.39, 0.29) is 6.04 Å². The zero-order valence-corrected chi connectivity index (χ0v) is 9.86. The largest absolute Gasteiger partial charge is 0.293 e. The second-order valence-corrected chi connectivity index (χ2v) is 6.44. The van der Waals surface area contributed by atoms with Crippen LogP contribution in [0.2, 0.25) is 0 Å². The van der Waals surface area contributed by atoms with Crippen LogP contribution >= 0.6 is 0 Å². The van der Waals surface area contributed by atoms with Crippen molar-refractivity contribution in [2.45, 2.75) is 38.3 Å². The van der Waals surface area contributed by atoms with Gasteiger partial charge in [-0.05, 0) is 48.5 Å². The van der Waals surface area contributed by atoms with Gasteiger partial charge in [-0.25, -0.2) is 0 Å². The number of nitrogens with zero attached hydrogens (tertiary/aromatic N) is 1. The Labute approximate surface area is 96.7 Å². The van der Waals surface area contributed by atoms with Gasteiger partial charge in [-0.2, -0.15) is 0 Å². The van der Waals surface area contributed by atoms with Crippen molar-refractivity contribution in [3.05, 3.63) is 12.2 Å². The topological polar surface area (TPSA) is 20.3 Å². The van der Waals surface area contributed by atoms with E-state index in [4.69, 9.17) is 0 Å². The Morgan fingerprint density at radius 1 is 1.25 bits per heavy atom. The molecule has 1 aliphatic carbocycles. The molecular weight excluding hydrogens is 198 g/mol. The first-order valence-electron chi connectivity index (χ1n) is 6.65. The standard InChI is InChI=1S/C14H19NO/c1-7-3-11-10-5-9-6-15(12(10)4-7)13(11)14(16)8(9)2/h7,9-13H,2-6H2,1H3. The van der Waals surface area contributed by atoms with Gasteiger partial charge < -0.3 is 0 Å². The number of Topliss-reactive ketones (excluding diaryl/α,β-unsaturated/α-hetero) is 1. The summed E-state index contributed by atoms with van der Waals surface area (Å²) in [6.45, 7) is 7.53. The highest BCUT2D eigenvalue weighted by molar-refractivity contribution is 6.01. The molecule has 3 aliphatic heterocycles. The maximum absolute atomic E-state index is 12.4. The number of fused-ring (bicyclic) bond motifs is 2. The number of ketones is 1. The average molecular weight is 217 g/mol. The van der Waals surface area contributed by atoms with Crippen LogP contribution < -0.4 is 0 Å². The molecule has 7 unspecified atom stereocenters. The first-order valence-corrected chi connectivity index (χ1v) is 6.65. The Balaban J connectivity index is 1.83. The van der Waals surface area contributed by atoms with Crippen molar-refractivity contribution >= 4 is 5.78 Å². The van der Waals surface area contributed by atoms with Crippen LogP contribution in [0.5, 0.6) is 0 Å². The van der Waals surface area contributed by atoms with Crippen molar-refractivity contribution in [2.24, 2.45) is 23.7 Å². The fraction of sp³-hybridized carbons (Fsp3) is 0.786. The van der Waals surface area contributed by atoms with E-state index in [9.17, 15) is 4.79 Å². The predicted octanol–water partition coefficient (Wildman–Crippen LogP) is 1.86. The molecule has 3 heterocycles. The minimum Gasteiger partial charge on any atom is -0.293 e. The molecule has 0 radical (unpaired) electrons. The van der Waals surface area contributed by atoms with E-state index in [0.29, 0.717) is 17.6 Å². The van der Waals surface area contributed by atoms with Gasteiger partial charge in [-0.3, -0.25) is 9.69 Å². The molecular formula is C14H19NO. The Hall–Kier alpha value is -0.630. The van der Waals surface area contributed by atoms with Gasteiger partial charge in [-0.1, -0.05) is 13.5 Å². The van der Waals surface area contributed by atoms with E-state index in [1.807, 2.05) is 0 Å². The molecule has 7 atom stereocenters. The minimum absolute atomic E-state index is 0.228. The number of hydrogen-bond donors (Lipinski definition) is 0. The predicted molar refractivity (Wildman–Crippen MR) is 61.9 cm³/mol. The van der Waals surface area contributed by atoms with Gasteiger partial charge in [0.05, 0.1) is 6.04 Å². The van der Waals surface area contributed by atoms with Crippen LogP contribution in [0.25, 0.3) is 0 Å². The molecule has 0 aromatic carbocycles. The van der Waals surface area contributed by atoms with Crippen LogP contribution in [0, 0.1) is 23.7 Å². The van der Waals surface area contributed by atoms with E-state index in [1.54, 1.807) is 0 Å². The Bertz CT molecular complexity index is 388. The summed E-state index contributed by atoms with van der Waals surface area (Å²) in [5.41, 5.74) is 0.946. The second kappa shape index (κ2) is 2.79. The summed E-state index contributed by atoms with van der Waals surface area (Å²) in [6.07, 6.45) is 3.85. The van der Waals surface area contributed by atoms with Gasteiger partial charge in [-0.15, -0.1) is 0 Å². The van der Waals surface area contributed by atoms with Crippen molar-refractivity contribution in [1.29, 1.82) is 0 Å². The summed E-state index contributed by atoms with van der Waals surface area (Å²) in [6, 6.07) is 0.957. The van der Waals surface area contributed by atoms with Gasteiger partial charge in [0.1, 0.15) is 0 Å². The molecule has 3 saturated heterocycles. The number of hydrogen-bond acceptors (Lipinski definition) is 2. The summed E-state index contributed by atoms with van der Waals surface area (Å²) in [4.78, 5) is 14.9. The minimum atomic E-state index is 0.228. The average Bonchev–Trinajstić information content (AvgIpc) is 2.44. The molecule has 4 fully saturated rings. The van der Waals surface area contributed by atoms with E-state index in [2.05, 4.69) is 18.4 Å². The highest BCUT2D eigenvalue weighted by atomic mass is 16.1. The van der Waals surface area contributed by atoms with Crippen LogP contribution in [0.15, 0.2) is 12.2 Å². The molecule has 2 nitrogen and oxygen atoms in total. The van der Waals surface area contributed by atoms with Gasteiger partial charge in [0, 0.05) is 12.6 Å². The van der Waals surface area contributed by atoms with E-state index in [1.165, 1.54) is 19.3 Å². The highest BCUT2D eigenvalue weighted by Crippen LogP contribution is 2.56. The van der Waals surface area contributed by atoms with Crippen LogP contribution in [-0.2, 0) is 4.79 Å². The molecule has 4 rings (SSSR count). The monoisotopic (exact) mass is 217 g/mol. The van der Waals surface area contributed by atoms with Crippen molar-refractivity contribution in [3.63, 3.8) is 0 Å². The number of carbonyl (C=O) groups excluding carboxylic acids is 1. The number of piperidine rings is 2. The van der Waals surface area contributed by atoms with Crippen molar-refractivity contribution < 1.29 is 4.79 Å². The van der Waals surface area contributed by atoms with Crippen molar-refractivity contribution in [2.75, 3.05) is 6.54 Å². The smallest absolute Gasteiger partial charge is 0.175 e. The Morgan fingerprint density at radius 3 is 2.88 bits per heavy atom. The third kappa shape index (κ3) is 0.912. The van der Waals surface area contributed by atoms with Gasteiger partial charge >= 0.3 is 0 Å². The third-order valence-corrected chi connectivity index (χ3v) is 5.62. The SMILES string of the molecule is C=C1C(=O)C2C3CC(C)CC4C3CC1CN42. The molecule has 2 heteroatoms.